The molecule has 0 aliphatic carbocycles. The topological polar surface area (TPSA) is 183 Å². The summed E-state index contributed by atoms with van der Waals surface area (Å²) in [6.07, 6.45) is -4.93. The molecule has 0 spiro atoms. The predicted octanol–water partition coefficient (Wildman–Crippen LogP) is 0.414. The average Bonchev–Trinajstić information content (AvgIpc) is 3.68. The molecule has 14 heteroatoms. The number of piperazine rings is 1. The van der Waals surface area contributed by atoms with Crippen LogP contribution in [0.5, 0.6) is 5.88 Å². The van der Waals surface area contributed by atoms with Crippen molar-refractivity contribution in [3.05, 3.63) is 83.9 Å². The number of hydrogen-bond donors (Lipinski definition) is 7. The van der Waals surface area contributed by atoms with Crippen LogP contribution in [0.3, 0.4) is 0 Å². The highest BCUT2D eigenvalue weighted by Gasteiger charge is 2.45. The number of aromatic nitrogens is 1. The molecule has 4 atom stereocenters. The maximum absolute atomic E-state index is 12.7. The first-order valence-corrected chi connectivity index (χ1v) is 15.9. The Morgan fingerprint density at radius 2 is 1.75 bits per heavy atom. The van der Waals surface area contributed by atoms with Crippen LogP contribution in [0.2, 0.25) is 0 Å². The van der Waals surface area contributed by atoms with E-state index in [4.69, 9.17) is 14.3 Å². The fourth-order valence-corrected chi connectivity index (χ4v) is 6.04. The van der Waals surface area contributed by atoms with Crippen molar-refractivity contribution in [2.75, 3.05) is 58.3 Å². The lowest BCUT2D eigenvalue weighted by Gasteiger charge is -2.31. The number of carbonyl (C=O) groups excluding carboxylic acids is 1. The Bertz CT molecular complexity index is 1730. The van der Waals surface area contributed by atoms with Crippen molar-refractivity contribution in [3.63, 3.8) is 0 Å². The van der Waals surface area contributed by atoms with E-state index in [1.165, 1.54) is 0 Å². The SMILES string of the molecule is CN1CCN(CC(=O)Nc2ccc(N=C(c3ccccc3)c3c(O)[nH]c4cc(B5O[C@@H]([C@H](O)[C@H](O)CO)[C@H](CO)O5)ccc34)cc2)CC1. The van der Waals surface area contributed by atoms with E-state index < -0.39 is 44.7 Å². The summed E-state index contributed by atoms with van der Waals surface area (Å²) in [5, 5.41) is 54.2. The second-order valence-electron chi connectivity index (χ2n) is 12.2. The molecule has 4 aromatic rings. The van der Waals surface area contributed by atoms with Gasteiger partial charge in [0.1, 0.15) is 12.2 Å². The van der Waals surface area contributed by atoms with Crippen LogP contribution in [0.1, 0.15) is 11.1 Å². The molecular formula is C34H40BN5O8. The molecule has 2 aliphatic heterocycles. The van der Waals surface area contributed by atoms with Gasteiger partial charge in [0.05, 0.1) is 48.9 Å². The molecule has 1 aromatic heterocycles. The van der Waals surface area contributed by atoms with Crippen molar-refractivity contribution in [1.82, 2.24) is 14.8 Å². The minimum Gasteiger partial charge on any atom is -0.494 e. The van der Waals surface area contributed by atoms with Gasteiger partial charge in [-0.25, -0.2) is 4.99 Å². The normalized spacial score (nSPS) is 20.7. The molecular weight excluding hydrogens is 617 g/mol. The predicted molar refractivity (Wildman–Crippen MR) is 182 cm³/mol. The Labute approximate surface area is 278 Å². The van der Waals surface area contributed by atoms with Gasteiger partial charge in [0.25, 0.3) is 0 Å². The monoisotopic (exact) mass is 657 g/mol. The van der Waals surface area contributed by atoms with E-state index in [1.807, 2.05) is 42.5 Å². The van der Waals surface area contributed by atoms with Crippen LogP contribution in [-0.4, -0.2) is 136 Å². The standard InChI is InChI=1S/C34H40BN5O8/c1-39-13-15-40(16-14-39)18-29(44)36-23-8-10-24(11-9-23)37-31(21-5-3-2-4-6-21)30-25-12-7-22(17-26(25)38-34(30)46)35-47-28(20-42)33(48-35)32(45)27(43)19-41/h2-12,17,27-28,32-33,38,41-43,45-46H,13-16,18-20H2,1H3,(H,36,44)/t27-,28+,32-,33-/m1/s1. The average molecular weight is 658 g/mol. The van der Waals surface area contributed by atoms with E-state index in [2.05, 4.69) is 27.1 Å². The van der Waals surface area contributed by atoms with Crippen LogP contribution in [0, 0.1) is 0 Å². The number of anilines is 1. The summed E-state index contributed by atoms with van der Waals surface area (Å²) in [4.78, 5) is 25.0. The van der Waals surface area contributed by atoms with Crippen molar-refractivity contribution in [2.45, 2.75) is 24.4 Å². The van der Waals surface area contributed by atoms with E-state index in [0.29, 0.717) is 45.6 Å². The summed E-state index contributed by atoms with van der Waals surface area (Å²) in [5.41, 5.74) is 4.17. The number of nitrogens with zero attached hydrogens (tertiary/aromatic N) is 3. The Hall–Kier alpha value is -4.12. The van der Waals surface area contributed by atoms with Crippen molar-refractivity contribution in [1.29, 1.82) is 0 Å². The van der Waals surface area contributed by atoms with Gasteiger partial charge in [-0.15, -0.1) is 0 Å². The second-order valence-corrected chi connectivity index (χ2v) is 12.2. The van der Waals surface area contributed by atoms with Gasteiger partial charge in [-0.1, -0.05) is 42.5 Å². The summed E-state index contributed by atoms with van der Waals surface area (Å²) < 4.78 is 11.7. The first-order chi connectivity index (χ1) is 23.2. The number of aromatic hydroxyl groups is 1. The summed E-state index contributed by atoms with van der Waals surface area (Å²) in [6, 6.07) is 22.0. The first kappa shape index (κ1) is 33.8. The van der Waals surface area contributed by atoms with E-state index in [9.17, 15) is 30.3 Å². The quantitative estimate of drug-likeness (QED) is 0.0882. The number of hydrogen-bond acceptors (Lipinski definition) is 11. The van der Waals surface area contributed by atoms with E-state index >= 15 is 0 Å². The third-order valence-electron chi connectivity index (χ3n) is 8.76. The zero-order chi connectivity index (χ0) is 33.8. The van der Waals surface area contributed by atoms with Crippen LogP contribution in [0.25, 0.3) is 10.9 Å². The molecule has 48 heavy (non-hydrogen) atoms. The van der Waals surface area contributed by atoms with Crippen molar-refractivity contribution < 1.29 is 39.6 Å². The number of aromatic amines is 1. The maximum atomic E-state index is 12.7. The molecule has 7 N–H and O–H groups in total. The van der Waals surface area contributed by atoms with Gasteiger partial charge < -0.3 is 50.0 Å². The van der Waals surface area contributed by atoms with Crippen molar-refractivity contribution in [3.8, 4) is 5.88 Å². The van der Waals surface area contributed by atoms with Crippen LogP contribution in [0.4, 0.5) is 11.4 Å². The Morgan fingerprint density at radius 1 is 1.02 bits per heavy atom. The Balaban J connectivity index is 1.25. The van der Waals surface area contributed by atoms with Gasteiger partial charge in [0, 0.05) is 48.3 Å². The highest BCUT2D eigenvalue weighted by molar-refractivity contribution is 6.62. The molecule has 2 saturated heterocycles. The Morgan fingerprint density at radius 3 is 2.44 bits per heavy atom. The highest BCUT2D eigenvalue weighted by atomic mass is 16.7. The lowest BCUT2D eigenvalue weighted by atomic mass is 9.79. The lowest BCUT2D eigenvalue weighted by molar-refractivity contribution is -0.117. The number of aliphatic hydroxyl groups is 4. The van der Waals surface area contributed by atoms with Gasteiger partial charge in [-0.05, 0) is 42.8 Å². The first-order valence-electron chi connectivity index (χ1n) is 15.9. The summed E-state index contributed by atoms with van der Waals surface area (Å²) in [6.45, 7) is 2.79. The van der Waals surface area contributed by atoms with Gasteiger partial charge in [-0.3, -0.25) is 9.69 Å². The molecule has 1 amide bonds. The number of H-pyrrole nitrogens is 1. The molecule has 3 heterocycles. The number of fused-ring (bicyclic) bond motifs is 1. The summed E-state index contributed by atoms with van der Waals surface area (Å²) in [7, 11) is 1.10. The molecule has 0 radical (unpaired) electrons. The minimum atomic E-state index is -1.47. The van der Waals surface area contributed by atoms with Gasteiger partial charge in [0.15, 0.2) is 5.88 Å². The smallest absolute Gasteiger partial charge is 0.494 e. The van der Waals surface area contributed by atoms with Gasteiger partial charge in [-0.2, -0.15) is 0 Å². The molecule has 0 saturated carbocycles. The van der Waals surface area contributed by atoms with Crippen LogP contribution < -0.4 is 10.8 Å². The number of likely N-dealkylation sites (N-methyl/N-ethyl adjacent to an activating group) is 1. The fraction of sp³-hybridized carbons (Fsp3) is 0.353. The van der Waals surface area contributed by atoms with E-state index in [1.54, 1.807) is 30.3 Å². The number of amides is 1. The molecule has 6 rings (SSSR count). The second kappa shape index (κ2) is 15.0. The van der Waals surface area contributed by atoms with E-state index in [-0.39, 0.29) is 11.8 Å². The Kier molecular flexibility index (Phi) is 10.5. The van der Waals surface area contributed by atoms with Crippen molar-refractivity contribution in [2.24, 2.45) is 4.99 Å². The number of aliphatic hydroxyl groups excluding tert-OH is 4. The number of aliphatic imine (C=N–C) groups is 1. The third kappa shape index (κ3) is 7.46. The number of carbonyl (C=O) groups is 1. The molecule has 13 nitrogen and oxygen atoms in total. The van der Waals surface area contributed by atoms with Crippen LogP contribution in [0.15, 0.2) is 77.8 Å². The zero-order valence-corrected chi connectivity index (χ0v) is 26.6. The third-order valence-corrected chi connectivity index (χ3v) is 8.76. The zero-order valence-electron chi connectivity index (χ0n) is 26.6. The molecule has 2 fully saturated rings. The van der Waals surface area contributed by atoms with Gasteiger partial charge >= 0.3 is 7.12 Å². The summed E-state index contributed by atoms with van der Waals surface area (Å²) in [5.74, 6) is -0.169. The van der Waals surface area contributed by atoms with E-state index in [0.717, 1.165) is 31.7 Å². The molecule has 252 valence electrons. The molecule has 0 bridgehead atoms. The van der Waals surface area contributed by atoms with Gasteiger partial charge in [0.2, 0.25) is 5.91 Å². The van der Waals surface area contributed by atoms with Crippen LogP contribution >= 0.6 is 0 Å². The van der Waals surface area contributed by atoms with Crippen LogP contribution in [-0.2, 0) is 14.1 Å². The molecule has 2 aliphatic rings. The molecule has 3 aromatic carbocycles. The van der Waals surface area contributed by atoms with Crippen molar-refractivity contribution >= 4 is 46.5 Å². The number of benzene rings is 3. The highest BCUT2D eigenvalue weighted by Crippen LogP contribution is 2.32. The maximum Gasteiger partial charge on any atom is 0.494 e. The fourth-order valence-electron chi connectivity index (χ4n) is 6.04. The number of nitrogens with one attached hydrogen (secondary N) is 2. The summed E-state index contributed by atoms with van der Waals surface area (Å²) >= 11 is 0. The minimum absolute atomic E-state index is 0.0707. The largest absolute Gasteiger partial charge is 0.494 e. The lowest BCUT2D eigenvalue weighted by Crippen LogP contribution is -2.47. The molecule has 0 unspecified atom stereocenters. The number of rotatable bonds is 11.